The van der Waals surface area contributed by atoms with Crippen molar-refractivity contribution in [3.63, 3.8) is 0 Å². The van der Waals surface area contributed by atoms with Gasteiger partial charge in [0.05, 0.1) is 19.3 Å². The molecular formula is C15H16BFNO3+. The lowest BCUT2D eigenvalue weighted by Crippen LogP contribution is -2.41. The zero-order valence-electron chi connectivity index (χ0n) is 11.5. The van der Waals surface area contributed by atoms with Gasteiger partial charge >= 0.3 is 7.32 Å². The van der Waals surface area contributed by atoms with E-state index in [1.807, 2.05) is 30.3 Å². The summed E-state index contributed by atoms with van der Waals surface area (Å²) in [6.07, 6.45) is -0.136. The van der Waals surface area contributed by atoms with Gasteiger partial charge in [-0.05, 0) is 17.7 Å². The number of quaternary nitrogens is 1. The maximum absolute atomic E-state index is 13.2. The summed E-state index contributed by atoms with van der Waals surface area (Å²) in [5, 5.41) is 0. The first-order valence-corrected chi connectivity index (χ1v) is 6.76. The molecule has 21 heavy (non-hydrogen) atoms. The van der Waals surface area contributed by atoms with Gasteiger partial charge in [-0.15, -0.1) is 0 Å². The quantitative estimate of drug-likeness (QED) is 0.875. The molecule has 0 saturated carbocycles. The average Bonchev–Trinajstić information content (AvgIpc) is 2.98. The van der Waals surface area contributed by atoms with Crippen LogP contribution in [0.1, 0.15) is 17.2 Å². The third-order valence-corrected chi connectivity index (χ3v) is 3.37. The molecule has 4 nitrogen and oxygen atoms in total. The van der Waals surface area contributed by atoms with Crippen molar-refractivity contribution in [1.82, 2.24) is 0 Å². The molecule has 1 heterocycles. The first-order chi connectivity index (χ1) is 10.2. The lowest BCUT2D eigenvalue weighted by atomic mass is 10.1. The second kappa shape index (κ2) is 6.36. The van der Waals surface area contributed by atoms with E-state index < -0.39 is 7.32 Å². The maximum Gasteiger partial charge on any atom is 0.640 e. The van der Waals surface area contributed by atoms with Crippen molar-refractivity contribution >= 4 is 13.0 Å². The van der Waals surface area contributed by atoms with Crippen LogP contribution < -0.4 is 5.73 Å². The van der Waals surface area contributed by atoms with Gasteiger partial charge in [-0.3, -0.25) is 0 Å². The van der Waals surface area contributed by atoms with Crippen molar-refractivity contribution in [3.05, 3.63) is 65.5 Å². The molecule has 1 unspecified atom stereocenters. The highest BCUT2D eigenvalue weighted by Crippen LogP contribution is 2.25. The fraction of sp³-hybridized carbons (Fsp3) is 0.200. The minimum Gasteiger partial charge on any atom is -0.383 e. The molecule has 0 aromatic heterocycles. The van der Waals surface area contributed by atoms with Crippen molar-refractivity contribution in [2.45, 2.75) is 12.7 Å². The SMILES string of the molecule is [NH3+]c1ccc(F)cc1COB1OCC(c2ccccc2)O1. The summed E-state index contributed by atoms with van der Waals surface area (Å²) in [5.41, 5.74) is 6.31. The normalized spacial score (nSPS) is 18.2. The van der Waals surface area contributed by atoms with Crippen LogP contribution in [0.25, 0.3) is 0 Å². The van der Waals surface area contributed by atoms with Crippen molar-refractivity contribution in [2.24, 2.45) is 0 Å². The van der Waals surface area contributed by atoms with Crippen molar-refractivity contribution in [2.75, 3.05) is 6.61 Å². The first kappa shape index (κ1) is 14.2. The highest BCUT2D eigenvalue weighted by atomic mass is 19.1. The molecule has 1 fully saturated rings. The summed E-state index contributed by atoms with van der Waals surface area (Å²) in [6.45, 7) is 0.637. The molecule has 3 rings (SSSR count). The van der Waals surface area contributed by atoms with Gasteiger partial charge < -0.3 is 19.7 Å². The van der Waals surface area contributed by atoms with Gasteiger partial charge in [0.1, 0.15) is 11.5 Å². The van der Waals surface area contributed by atoms with Crippen LogP contribution in [0, 0.1) is 5.82 Å². The third kappa shape index (κ3) is 3.48. The largest absolute Gasteiger partial charge is 0.640 e. The predicted octanol–water partition coefficient (Wildman–Crippen LogP) is 1.99. The Bertz CT molecular complexity index is 611. The number of hydrogen-bond donors (Lipinski definition) is 1. The lowest BCUT2D eigenvalue weighted by Gasteiger charge is -2.10. The molecule has 3 N–H and O–H groups in total. The summed E-state index contributed by atoms with van der Waals surface area (Å²) in [5.74, 6) is -0.309. The molecule has 0 amide bonds. The van der Waals surface area contributed by atoms with Gasteiger partial charge in [0, 0.05) is 11.6 Å². The number of hydrogen-bond acceptors (Lipinski definition) is 3. The Kier molecular flexibility index (Phi) is 4.31. The summed E-state index contributed by atoms with van der Waals surface area (Å²) < 4.78 is 29.8. The zero-order valence-corrected chi connectivity index (χ0v) is 11.5. The minimum atomic E-state index is -0.738. The van der Waals surface area contributed by atoms with Crippen molar-refractivity contribution in [1.29, 1.82) is 0 Å². The summed E-state index contributed by atoms with van der Waals surface area (Å²) in [7, 11) is -0.738. The molecule has 0 radical (unpaired) electrons. The number of rotatable bonds is 4. The standard InChI is InChI=1S/C15H15BFNO3/c17-13-6-7-14(18)12(8-13)9-19-16-20-10-15(21-16)11-4-2-1-3-5-11/h1-8,15H,9-10,18H2/p+1. The van der Waals surface area contributed by atoms with Crippen LogP contribution >= 0.6 is 0 Å². The van der Waals surface area contributed by atoms with E-state index in [1.165, 1.54) is 12.1 Å². The highest BCUT2D eigenvalue weighted by molar-refractivity contribution is 6.37. The molecule has 0 spiro atoms. The average molecular weight is 288 g/mol. The van der Waals surface area contributed by atoms with Crippen LogP contribution in [0.4, 0.5) is 10.1 Å². The predicted molar refractivity (Wildman–Crippen MR) is 75.7 cm³/mol. The molecule has 1 saturated heterocycles. The molecule has 6 heteroatoms. The molecule has 0 aliphatic carbocycles. The Morgan fingerprint density at radius 1 is 1.24 bits per heavy atom. The van der Waals surface area contributed by atoms with E-state index in [1.54, 1.807) is 6.07 Å². The molecule has 1 aliphatic rings. The first-order valence-electron chi connectivity index (χ1n) is 6.76. The van der Waals surface area contributed by atoms with Gasteiger partial charge in [-0.1, -0.05) is 30.3 Å². The van der Waals surface area contributed by atoms with E-state index in [0.717, 1.165) is 11.3 Å². The molecule has 1 aliphatic heterocycles. The Hall–Kier alpha value is -1.73. The fourth-order valence-corrected chi connectivity index (χ4v) is 2.20. The second-order valence-corrected chi connectivity index (χ2v) is 4.88. The minimum absolute atomic E-state index is 0.136. The van der Waals surface area contributed by atoms with Crippen LogP contribution in [0.3, 0.4) is 0 Å². The number of benzene rings is 2. The van der Waals surface area contributed by atoms with E-state index in [0.29, 0.717) is 12.2 Å². The van der Waals surface area contributed by atoms with Gasteiger partial charge in [0.15, 0.2) is 0 Å². The fourth-order valence-electron chi connectivity index (χ4n) is 2.20. The van der Waals surface area contributed by atoms with Gasteiger partial charge in [0.2, 0.25) is 0 Å². The third-order valence-electron chi connectivity index (χ3n) is 3.37. The maximum atomic E-state index is 13.2. The summed E-state index contributed by atoms with van der Waals surface area (Å²) >= 11 is 0. The smallest absolute Gasteiger partial charge is 0.383 e. The van der Waals surface area contributed by atoms with Crippen molar-refractivity contribution in [3.8, 4) is 0 Å². The Morgan fingerprint density at radius 2 is 2.05 bits per heavy atom. The Morgan fingerprint density at radius 3 is 2.86 bits per heavy atom. The Labute approximate surface area is 122 Å². The molecular weight excluding hydrogens is 272 g/mol. The van der Waals surface area contributed by atoms with Gasteiger partial charge in [0.25, 0.3) is 0 Å². The topological polar surface area (TPSA) is 55.3 Å². The molecule has 2 aromatic carbocycles. The summed E-state index contributed by atoms with van der Waals surface area (Å²) in [6, 6.07) is 14.2. The van der Waals surface area contributed by atoms with E-state index >= 15 is 0 Å². The van der Waals surface area contributed by atoms with E-state index in [-0.39, 0.29) is 18.5 Å². The summed E-state index contributed by atoms with van der Waals surface area (Å²) in [4.78, 5) is 0. The molecule has 108 valence electrons. The lowest BCUT2D eigenvalue weighted by molar-refractivity contribution is -0.256. The van der Waals surface area contributed by atoms with E-state index in [4.69, 9.17) is 14.0 Å². The van der Waals surface area contributed by atoms with E-state index in [9.17, 15) is 4.39 Å². The molecule has 1 atom stereocenters. The van der Waals surface area contributed by atoms with Crippen LogP contribution in [0.15, 0.2) is 48.5 Å². The van der Waals surface area contributed by atoms with Crippen molar-refractivity contribution < 1.29 is 24.1 Å². The number of halogens is 1. The van der Waals surface area contributed by atoms with Crippen LogP contribution in [0.5, 0.6) is 0 Å². The zero-order chi connectivity index (χ0) is 14.7. The van der Waals surface area contributed by atoms with Gasteiger partial charge in [-0.25, -0.2) is 4.39 Å². The molecule has 2 aromatic rings. The molecule has 0 bridgehead atoms. The Balaban J connectivity index is 1.57. The highest BCUT2D eigenvalue weighted by Gasteiger charge is 2.35. The van der Waals surface area contributed by atoms with Crippen LogP contribution in [-0.2, 0) is 20.6 Å². The van der Waals surface area contributed by atoms with Crippen LogP contribution in [0.2, 0.25) is 0 Å². The van der Waals surface area contributed by atoms with Gasteiger partial charge in [-0.2, -0.15) is 0 Å². The monoisotopic (exact) mass is 288 g/mol. The van der Waals surface area contributed by atoms with E-state index in [2.05, 4.69) is 5.73 Å². The second-order valence-electron chi connectivity index (χ2n) is 4.88. The van der Waals surface area contributed by atoms with Crippen LogP contribution in [-0.4, -0.2) is 13.9 Å².